The number of halogens is 1. The molecule has 98 valence electrons. The fourth-order valence-corrected chi connectivity index (χ4v) is 1.69. The summed E-state index contributed by atoms with van der Waals surface area (Å²) in [6.07, 6.45) is -0.173. The van der Waals surface area contributed by atoms with Crippen LogP contribution in [0.5, 0.6) is 0 Å². The molecular weight excluding hydrogens is 254 g/mol. The van der Waals surface area contributed by atoms with Gasteiger partial charge in [-0.05, 0) is 24.6 Å². The highest BCUT2D eigenvalue weighted by Gasteiger charge is 2.18. The summed E-state index contributed by atoms with van der Waals surface area (Å²) in [4.78, 5) is 22.3. The average Bonchev–Trinajstić information content (AvgIpc) is 2.27. The monoisotopic (exact) mass is 269 g/mol. The Morgan fingerprint density at radius 1 is 1.44 bits per heavy atom. The number of benzene rings is 1. The van der Waals surface area contributed by atoms with Crippen LogP contribution in [0.25, 0.3) is 0 Å². The van der Waals surface area contributed by atoms with Crippen molar-refractivity contribution in [2.45, 2.75) is 25.4 Å². The molecule has 0 fully saturated rings. The average molecular weight is 270 g/mol. The van der Waals surface area contributed by atoms with Gasteiger partial charge in [-0.1, -0.05) is 23.7 Å². The third-order valence-corrected chi connectivity index (χ3v) is 2.70. The summed E-state index contributed by atoms with van der Waals surface area (Å²) in [5.74, 6) is -1.02. The second-order valence-corrected chi connectivity index (χ2v) is 4.50. The molecule has 0 radical (unpaired) electrons. The highest BCUT2D eigenvalue weighted by Crippen LogP contribution is 2.17. The van der Waals surface area contributed by atoms with Crippen LogP contribution in [0.2, 0.25) is 5.02 Å². The summed E-state index contributed by atoms with van der Waals surface area (Å²) in [6.45, 7) is 1.81. The molecule has 0 heterocycles. The first kappa shape index (κ1) is 14.5. The zero-order valence-corrected chi connectivity index (χ0v) is 10.8. The Morgan fingerprint density at radius 2 is 2.11 bits per heavy atom. The van der Waals surface area contributed by atoms with Gasteiger partial charge in [-0.15, -0.1) is 0 Å². The highest BCUT2D eigenvalue weighted by atomic mass is 35.5. The van der Waals surface area contributed by atoms with Crippen LogP contribution < -0.4 is 16.8 Å². The summed E-state index contributed by atoms with van der Waals surface area (Å²) in [5, 5.41) is 3.29. The van der Waals surface area contributed by atoms with Crippen LogP contribution in [-0.2, 0) is 9.59 Å². The van der Waals surface area contributed by atoms with Gasteiger partial charge in [-0.2, -0.15) is 0 Å². The molecule has 0 aromatic heterocycles. The van der Waals surface area contributed by atoms with Crippen molar-refractivity contribution in [2.24, 2.45) is 11.5 Å². The highest BCUT2D eigenvalue weighted by molar-refractivity contribution is 6.30. The number of amides is 2. The molecule has 2 amide bonds. The molecule has 0 saturated carbocycles. The fraction of sp³-hybridized carbons (Fsp3) is 0.333. The number of nitrogens with two attached hydrogens (primary N) is 2. The zero-order valence-electron chi connectivity index (χ0n) is 10.0. The summed E-state index contributed by atoms with van der Waals surface area (Å²) >= 11 is 5.86. The van der Waals surface area contributed by atoms with Crippen molar-refractivity contribution in [2.75, 3.05) is 0 Å². The van der Waals surface area contributed by atoms with E-state index >= 15 is 0 Å². The first-order valence-electron chi connectivity index (χ1n) is 5.50. The number of hydrogen-bond donors (Lipinski definition) is 3. The van der Waals surface area contributed by atoms with E-state index in [0.29, 0.717) is 5.02 Å². The fourth-order valence-electron chi connectivity index (χ4n) is 1.49. The van der Waals surface area contributed by atoms with Gasteiger partial charge < -0.3 is 16.8 Å². The Balaban J connectivity index is 2.62. The van der Waals surface area contributed by atoms with Crippen LogP contribution >= 0.6 is 11.6 Å². The molecule has 5 N–H and O–H groups in total. The molecule has 0 aliphatic rings. The first-order chi connectivity index (χ1) is 8.40. The molecule has 18 heavy (non-hydrogen) atoms. The van der Waals surface area contributed by atoms with Crippen LogP contribution in [0.15, 0.2) is 24.3 Å². The Hall–Kier alpha value is -1.59. The van der Waals surface area contributed by atoms with Crippen LogP contribution in [-0.4, -0.2) is 17.9 Å². The maximum absolute atomic E-state index is 11.7. The maximum Gasteiger partial charge on any atom is 0.237 e. The van der Waals surface area contributed by atoms with E-state index in [1.54, 1.807) is 25.1 Å². The predicted octanol–water partition coefficient (Wildman–Crippen LogP) is 0.720. The molecule has 1 rings (SSSR count). The maximum atomic E-state index is 11.7. The van der Waals surface area contributed by atoms with Gasteiger partial charge in [0.2, 0.25) is 11.8 Å². The number of carbonyl (C=O) groups is 2. The molecule has 1 aromatic rings. The summed E-state index contributed by atoms with van der Waals surface area (Å²) < 4.78 is 0. The lowest BCUT2D eigenvalue weighted by molar-refractivity contribution is -0.126. The van der Waals surface area contributed by atoms with Crippen LogP contribution in [0.4, 0.5) is 0 Å². The van der Waals surface area contributed by atoms with Crippen LogP contribution in [0, 0.1) is 0 Å². The normalized spacial score (nSPS) is 13.7. The van der Waals surface area contributed by atoms with Gasteiger partial charge in [0, 0.05) is 5.02 Å². The molecule has 1 unspecified atom stereocenters. The molecule has 5 nitrogen and oxygen atoms in total. The number of primary amides is 1. The third kappa shape index (κ3) is 4.35. The molecule has 2 atom stereocenters. The van der Waals surface area contributed by atoms with Crippen molar-refractivity contribution in [3.8, 4) is 0 Å². The standard InChI is InChI=1S/C12H16ClN3O2/c1-7(8-3-2-4-9(13)5-8)16-12(18)10(14)6-11(15)17/h2-5,7,10H,6,14H2,1H3,(H2,15,17)(H,16,18)/t7-,10?/m1/s1. The Bertz CT molecular complexity index is 451. The first-order valence-corrected chi connectivity index (χ1v) is 5.87. The van der Waals surface area contributed by atoms with Crippen LogP contribution in [0.3, 0.4) is 0 Å². The lowest BCUT2D eigenvalue weighted by Gasteiger charge is -2.17. The zero-order chi connectivity index (χ0) is 13.7. The molecule has 0 spiro atoms. The number of nitrogens with one attached hydrogen (secondary N) is 1. The molecule has 1 aromatic carbocycles. The van der Waals surface area contributed by atoms with E-state index in [4.69, 9.17) is 23.1 Å². The Morgan fingerprint density at radius 3 is 2.67 bits per heavy atom. The summed E-state index contributed by atoms with van der Waals surface area (Å²) in [5.41, 5.74) is 11.4. The van der Waals surface area contributed by atoms with Gasteiger partial charge in [0.1, 0.15) is 0 Å². The van der Waals surface area contributed by atoms with E-state index in [9.17, 15) is 9.59 Å². The van der Waals surface area contributed by atoms with Crippen molar-refractivity contribution in [3.05, 3.63) is 34.9 Å². The van der Waals surface area contributed by atoms with Gasteiger partial charge in [-0.3, -0.25) is 9.59 Å². The molecule has 6 heteroatoms. The van der Waals surface area contributed by atoms with E-state index < -0.39 is 17.9 Å². The van der Waals surface area contributed by atoms with Gasteiger partial charge in [0.15, 0.2) is 0 Å². The lowest BCUT2D eigenvalue weighted by atomic mass is 10.1. The third-order valence-electron chi connectivity index (χ3n) is 2.47. The number of hydrogen-bond acceptors (Lipinski definition) is 3. The Labute approximate surface area is 110 Å². The molecule has 0 bridgehead atoms. The van der Waals surface area contributed by atoms with Crippen molar-refractivity contribution < 1.29 is 9.59 Å². The molecule has 0 aliphatic heterocycles. The van der Waals surface area contributed by atoms with Gasteiger partial charge in [0.05, 0.1) is 18.5 Å². The van der Waals surface area contributed by atoms with Crippen LogP contribution in [0.1, 0.15) is 24.9 Å². The van der Waals surface area contributed by atoms with E-state index in [0.717, 1.165) is 5.56 Å². The van der Waals surface area contributed by atoms with Crippen molar-refractivity contribution in [3.63, 3.8) is 0 Å². The minimum atomic E-state index is -0.927. The van der Waals surface area contributed by atoms with Crippen molar-refractivity contribution in [1.82, 2.24) is 5.32 Å². The van der Waals surface area contributed by atoms with Gasteiger partial charge >= 0.3 is 0 Å². The SMILES string of the molecule is C[C@@H](NC(=O)C(N)CC(N)=O)c1cccc(Cl)c1. The van der Waals surface area contributed by atoms with E-state index in [1.165, 1.54) is 0 Å². The molecule has 0 saturated heterocycles. The van der Waals surface area contributed by atoms with E-state index in [2.05, 4.69) is 5.32 Å². The largest absolute Gasteiger partial charge is 0.370 e. The molecular formula is C12H16ClN3O2. The number of carbonyl (C=O) groups excluding carboxylic acids is 2. The van der Waals surface area contributed by atoms with Crippen molar-refractivity contribution in [1.29, 1.82) is 0 Å². The smallest absolute Gasteiger partial charge is 0.237 e. The molecule has 0 aliphatic carbocycles. The topological polar surface area (TPSA) is 98.2 Å². The van der Waals surface area contributed by atoms with Crippen molar-refractivity contribution >= 4 is 23.4 Å². The van der Waals surface area contributed by atoms with Gasteiger partial charge in [-0.25, -0.2) is 0 Å². The predicted molar refractivity (Wildman–Crippen MR) is 69.8 cm³/mol. The van der Waals surface area contributed by atoms with E-state index in [1.807, 2.05) is 6.07 Å². The Kier molecular flexibility index (Phi) is 5.12. The summed E-state index contributed by atoms with van der Waals surface area (Å²) in [6, 6.07) is 5.98. The summed E-state index contributed by atoms with van der Waals surface area (Å²) in [7, 11) is 0. The second kappa shape index (κ2) is 6.37. The minimum Gasteiger partial charge on any atom is -0.370 e. The second-order valence-electron chi connectivity index (χ2n) is 4.06. The quantitative estimate of drug-likeness (QED) is 0.734. The number of rotatable bonds is 5. The van der Waals surface area contributed by atoms with E-state index in [-0.39, 0.29) is 12.5 Å². The van der Waals surface area contributed by atoms with Gasteiger partial charge in [0.25, 0.3) is 0 Å². The minimum absolute atomic E-state index is 0.173. The lowest BCUT2D eigenvalue weighted by Crippen LogP contribution is -2.43.